The molecule has 48 heavy (non-hydrogen) atoms. The molecule has 4 rings (SSSR count). The minimum absolute atomic E-state index is 0.531. The summed E-state index contributed by atoms with van der Waals surface area (Å²) in [6.45, 7) is 35.3. The van der Waals surface area contributed by atoms with Gasteiger partial charge in [-0.1, -0.05) is 123 Å². The Kier molecular flexibility index (Phi) is 19.1. The minimum Gasteiger partial charge on any atom is -0.264 e. The molecule has 0 saturated heterocycles. The maximum absolute atomic E-state index is 4.40. The molecule has 0 amide bonds. The number of aromatic nitrogens is 4. The summed E-state index contributed by atoms with van der Waals surface area (Å²) < 4.78 is 0. The van der Waals surface area contributed by atoms with Gasteiger partial charge in [0.15, 0.2) is 0 Å². The summed E-state index contributed by atoms with van der Waals surface area (Å²) >= 11 is 0. The van der Waals surface area contributed by atoms with Crippen LogP contribution in [0, 0.1) is 0 Å². The third-order valence-electron chi connectivity index (χ3n) is 8.34. The zero-order chi connectivity index (χ0) is 36.6. The summed E-state index contributed by atoms with van der Waals surface area (Å²) in [5.74, 6) is 4.59. The highest BCUT2D eigenvalue weighted by molar-refractivity contribution is 5.30. The van der Waals surface area contributed by atoms with E-state index in [-0.39, 0.29) is 0 Å². The zero-order valence-electron chi connectivity index (χ0n) is 33.3. The second kappa shape index (κ2) is 21.5. The Labute approximate surface area is 295 Å². The van der Waals surface area contributed by atoms with E-state index >= 15 is 0 Å². The molecule has 4 heterocycles. The number of hydrogen-bond donors (Lipinski definition) is 0. The molecule has 0 aliphatic rings. The van der Waals surface area contributed by atoms with E-state index in [0.717, 1.165) is 0 Å². The number of hydrogen-bond acceptors (Lipinski definition) is 4. The van der Waals surface area contributed by atoms with Crippen LogP contribution in [0.3, 0.4) is 0 Å². The first kappa shape index (κ1) is 42.6. The van der Waals surface area contributed by atoms with E-state index in [2.05, 4.69) is 155 Å². The van der Waals surface area contributed by atoms with Crippen molar-refractivity contribution in [2.75, 3.05) is 0 Å². The number of pyridine rings is 4. The number of nitrogens with zero attached hydrogens (tertiary/aromatic N) is 4. The van der Waals surface area contributed by atoms with Gasteiger partial charge in [-0.3, -0.25) is 19.9 Å². The highest BCUT2D eigenvalue weighted by atomic mass is 14.7. The van der Waals surface area contributed by atoms with Crippen LogP contribution < -0.4 is 0 Å². The van der Waals surface area contributed by atoms with Gasteiger partial charge in [-0.15, -0.1) is 0 Å². The van der Waals surface area contributed by atoms with Crippen molar-refractivity contribution in [2.45, 2.75) is 158 Å². The first-order valence-electron chi connectivity index (χ1n) is 18.3. The van der Waals surface area contributed by atoms with Gasteiger partial charge >= 0.3 is 0 Å². The fourth-order valence-corrected chi connectivity index (χ4v) is 5.65. The Hall–Kier alpha value is -3.40. The Balaban J connectivity index is 0.000000320. The van der Waals surface area contributed by atoms with Gasteiger partial charge in [-0.05, 0) is 105 Å². The molecule has 0 saturated carbocycles. The van der Waals surface area contributed by atoms with E-state index in [1.807, 2.05) is 49.3 Å². The molecule has 4 aromatic heterocycles. The van der Waals surface area contributed by atoms with Crippen LogP contribution in [0.4, 0.5) is 0 Å². The molecule has 4 nitrogen and oxygen atoms in total. The lowest BCUT2D eigenvalue weighted by molar-refractivity contribution is 0.757. The van der Waals surface area contributed by atoms with Gasteiger partial charge in [-0.25, -0.2) is 0 Å². The lowest BCUT2D eigenvalue weighted by Gasteiger charge is -2.14. The molecule has 0 aromatic carbocycles. The Morgan fingerprint density at radius 3 is 0.812 bits per heavy atom. The van der Waals surface area contributed by atoms with Gasteiger partial charge in [0.1, 0.15) is 0 Å². The van der Waals surface area contributed by atoms with E-state index in [9.17, 15) is 0 Å². The maximum atomic E-state index is 4.40. The van der Waals surface area contributed by atoms with Crippen LogP contribution in [-0.4, -0.2) is 19.9 Å². The van der Waals surface area contributed by atoms with Crippen molar-refractivity contribution in [2.24, 2.45) is 0 Å². The third-order valence-corrected chi connectivity index (χ3v) is 8.34. The molecule has 0 N–H and O–H groups in total. The average molecular weight is 653 g/mol. The molecule has 4 aromatic rings. The van der Waals surface area contributed by atoms with Crippen LogP contribution >= 0.6 is 0 Å². The van der Waals surface area contributed by atoms with E-state index in [1.54, 1.807) is 0 Å². The molecule has 0 aliphatic heterocycles. The predicted molar refractivity (Wildman–Crippen MR) is 210 cm³/mol. The summed E-state index contributed by atoms with van der Waals surface area (Å²) in [6, 6.07) is 12.6. The van der Waals surface area contributed by atoms with Crippen LogP contribution in [0.25, 0.3) is 0 Å². The molecule has 4 heteroatoms. The summed E-state index contributed by atoms with van der Waals surface area (Å²) in [4.78, 5) is 17.1. The first-order valence-corrected chi connectivity index (χ1v) is 18.3. The second-order valence-electron chi connectivity index (χ2n) is 15.2. The normalized spacial score (nSPS) is 11.2. The summed E-state index contributed by atoms with van der Waals surface area (Å²) in [5, 5.41) is 0. The largest absolute Gasteiger partial charge is 0.264 e. The molecule has 0 radical (unpaired) electrons. The van der Waals surface area contributed by atoms with Crippen molar-refractivity contribution in [3.63, 3.8) is 0 Å². The molecule has 0 fully saturated rings. The highest BCUT2D eigenvalue weighted by Crippen LogP contribution is 2.26. The monoisotopic (exact) mass is 653 g/mol. The SMILES string of the molecule is CC(C)c1cccnc1C(C)C.CC(C)c1cccnc1C(C)C.CC(C)c1ccncc1C(C)C.CC(C)c1ccncc1C(C)C. The molecule has 0 bridgehead atoms. The van der Waals surface area contributed by atoms with Gasteiger partial charge in [-0.2, -0.15) is 0 Å². The summed E-state index contributed by atoms with van der Waals surface area (Å²) in [6.07, 6.45) is 11.5. The smallest absolute Gasteiger partial charge is 0.0463 e. The zero-order valence-corrected chi connectivity index (χ0v) is 33.3. The fourth-order valence-electron chi connectivity index (χ4n) is 5.65. The van der Waals surface area contributed by atoms with Gasteiger partial charge in [0.05, 0.1) is 0 Å². The lowest BCUT2D eigenvalue weighted by atomic mass is 9.93. The van der Waals surface area contributed by atoms with Crippen molar-refractivity contribution in [3.05, 3.63) is 118 Å². The van der Waals surface area contributed by atoms with Gasteiger partial charge in [0.2, 0.25) is 0 Å². The average Bonchev–Trinajstić information content (AvgIpc) is 3.05. The third kappa shape index (κ3) is 14.0. The van der Waals surface area contributed by atoms with Gasteiger partial charge in [0.25, 0.3) is 0 Å². The van der Waals surface area contributed by atoms with Gasteiger partial charge in [0, 0.05) is 48.6 Å². The van der Waals surface area contributed by atoms with Crippen LogP contribution in [-0.2, 0) is 0 Å². The minimum atomic E-state index is 0.531. The Morgan fingerprint density at radius 1 is 0.312 bits per heavy atom. The molecular weight excluding hydrogens is 585 g/mol. The van der Waals surface area contributed by atoms with Crippen LogP contribution in [0.15, 0.2) is 73.6 Å². The first-order chi connectivity index (χ1) is 22.5. The molecule has 0 spiro atoms. The lowest BCUT2D eigenvalue weighted by Crippen LogP contribution is -2.00. The quantitative estimate of drug-likeness (QED) is 0.190. The van der Waals surface area contributed by atoms with Crippen molar-refractivity contribution < 1.29 is 0 Å². The highest BCUT2D eigenvalue weighted by Gasteiger charge is 2.11. The van der Waals surface area contributed by atoms with E-state index in [1.165, 1.54) is 44.8 Å². The van der Waals surface area contributed by atoms with E-state index < -0.39 is 0 Å². The maximum Gasteiger partial charge on any atom is 0.0463 e. The van der Waals surface area contributed by atoms with Crippen molar-refractivity contribution in [1.29, 1.82) is 0 Å². The molecule has 0 unspecified atom stereocenters. The topological polar surface area (TPSA) is 51.6 Å². The molecule has 264 valence electrons. The van der Waals surface area contributed by atoms with E-state index in [0.29, 0.717) is 47.3 Å². The van der Waals surface area contributed by atoms with Crippen molar-refractivity contribution >= 4 is 0 Å². The van der Waals surface area contributed by atoms with Crippen LogP contribution in [0.5, 0.6) is 0 Å². The fraction of sp³-hybridized carbons (Fsp3) is 0.545. The standard InChI is InChI=1S/4C11H17N/c2*1-8(2)10-5-6-12-7-11(10)9(3)4;2*1-8(2)10-6-5-7-12-11(10)9(3)4/h4*5-9H,1-4H3. The van der Waals surface area contributed by atoms with Crippen molar-refractivity contribution in [1.82, 2.24) is 19.9 Å². The second-order valence-corrected chi connectivity index (χ2v) is 15.2. The summed E-state index contributed by atoms with van der Waals surface area (Å²) in [7, 11) is 0. The van der Waals surface area contributed by atoms with Crippen molar-refractivity contribution in [3.8, 4) is 0 Å². The Bertz CT molecular complexity index is 1120. The molecule has 0 aliphatic carbocycles. The predicted octanol–water partition coefficient (Wildman–Crippen LogP) is 13.3. The number of rotatable bonds is 8. The van der Waals surface area contributed by atoms with E-state index in [4.69, 9.17) is 0 Å². The van der Waals surface area contributed by atoms with Crippen LogP contribution in [0.2, 0.25) is 0 Å². The Morgan fingerprint density at radius 2 is 0.604 bits per heavy atom. The van der Waals surface area contributed by atoms with Gasteiger partial charge < -0.3 is 0 Å². The van der Waals surface area contributed by atoms with Crippen LogP contribution in [0.1, 0.15) is 203 Å². The molecule has 0 atom stereocenters. The summed E-state index contributed by atoms with van der Waals surface area (Å²) in [5.41, 5.74) is 10.9. The molecular formula is C44H68N4.